The maximum Gasteiger partial charge on any atom is 0.271 e. The topological polar surface area (TPSA) is 93.4 Å². The number of rotatable bonds is 4. The van der Waals surface area contributed by atoms with E-state index in [0.717, 1.165) is 32.8 Å². The molecule has 0 aromatic carbocycles. The summed E-state index contributed by atoms with van der Waals surface area (Å²) in [6, 6.07) is 0.0360. The molecule has 1 atom stereocenters. The molecule has 1 aliphatic heterocycles. The Bertz CT molecular complexity index is 434. The van der Waals surface area contributed by atoms with Crippen LogP contribution in [-0.4, -0.2) is 59.7 Å². The van der Waals surface area contributed by atoms with Crippen molar-refractivity contribution in [2.75, 3.05) is 38.6 Å². The molecule has 0 spiro atoms. The Balaban J connectivity index is 1.84. The highest BCUT2D eigenvalue weighted by molar-refractivity contribution is 5.92. The van der Waals surface area contributed by atoms with E-state index >= 15 is 0 Å². The first-order valence-corrected chi connectivity index (χ1v) is 6.33. The summed E-state index contributed by atoms with van der Waals surface area (Å²) in [4.78, 5) is 22.0. The largest absolute Gasteiger partial charge is 0.382 e. The summed E-state index contributed by atoms with van der Waals surface area (Å²) >= 11 is 0. The van der Waals surface area contributed by atoms with Gasteiger partial charge in [0.15, 0.2) is 0 Å². The number of hydrogen-bond donors (Lipinski definition) is 2. The molecule has 2 rings (SSSR count). The average molecular weight is 265 g/mol. The third-order valence-electron chi connectivity index (χ3n) is 2.90. The van der Waals surface area contributed by atoms with Gasteiger partial charge in [0.1, 0.15) is 11.5 Å². The number of amides is 1. The zero-order valence-corrected chi connectivity index (χ0v) is 11.0. The average Bonchev–Trinajstić information content (AvgIpc) is 2.39. The van der Waals surface area contributed by atoms with Gasteiger partial charge in [0.25, 0.3) is 5.91 Å². The normalized spacial score (nSPS) is 17.9. The van der Waals surface area contributed by atoms with Crippen molar-refractivity contribution in [2.24, 2.45) is 0 Å². The summed E-state index contributed by atoms with van der Waals surface area (Å²) in [5, 5.41) is 2.89. The van der Waals surface area contributed by atoms with Crippen LogP contribution in [0.15, 0.2) is 12.4 Å². The van der Waals surface area contributed by atoms with Crippen LogP contribution in [0, 0.1) is 0 Å². The number of morpholine rings is 1. The molecule has 1 amide bonds. The Hall–Kier alpha value is -1.73. The summed E-state index contributed by atoms with van der Waals surface area (Å²) in [6.45, 7) is 6.07. The molecule has 0 aliphatic carbocycles. The number of nitrogens with one attached hydrogen (secondary N) is 1. The Kier molecular flexibility index (Phi) is 4.64. The van der Waals surface area contributed by atoms with Crippen molar-refractivity contribution in [1.82, 2.24) is 20.2 Å². The summed E-state index contributed by atoms with van der Waals surface area (Å²) in [5.41, 5.74) is 5.75. The van der Waals surface area contributed by atoms with Gasteiger partial charge in [0.2, 0.25) is 0 Å². The van der Waals surface area contributed by atoms with Crippen molar-refractivity contribution in [1.29, 1.82) is 0 Å². The molecule has 2 heterocycles. The number of nitrogens with two attached hydrogens (primary N) is 1. The highest BCUT2D eigenvalue weighted by Crippen LogP contribution is 2.01. The molecule has 1 aromatic rings. The molecule has 3 N–H and O–H groups in total. The minimum atomic E-state index is -0.249. The van der Waals surface area contributed by atoms with Crippen LogP contribution in [0.2, 0.25) is 0 Å². The minimum absolute atomic E-state index is 0.0360. The fourth-order valence-corrected chi connectivity index (χ4v) is 2.00. The number of carbonyl (C=O) groups is 1. The lowest BCUT2D eigenvalue weighted by molar-refractivity contribution is 0.0342. The zero-order valence-electron chi connectivity index (χ0n) is 11.0. The highest BCUT2D eigenvalue weighted by Gasteiger charge is 2.16. The molecule has 1 fully saturated rings. The van der Waals surface area contributed by atoms with E-state index in [-0.39, 0.29) is 23.5 Å². The van der Waals surface area contributed by atoms with E-state index in [2.05, 4.69) is 20.2 Å². The maximum atomic E-state index is 11.9. The molecule has 0 radical (unpaired) electrons. The highest BCUT2D eigenvalue weighted by atomic mass is 16.5. The lowest BCUT2D eigenvalue weighted by Crippen LogP contribution is -2.46. The quantitative estimate of drug-likeness (QED) is 0.763. The lowest BCUT2D eigenvalue weighted by Gasteiger charge is -2.29. The molecule has 0 saturated carbocycles. The van der Waals surface area contributed by atoms with Crippen LogP contribution >= 0.6 is 0 Å². The van der Waals surface area contributed by atoms with E-state index in [9.17, 15) is 4.79 Å². The smallest absolute Gasteiger partial charge is 0.271 e. The van der Waals surface area contributed by atoms with Crippen molar-refractivity contribution in [3.05, 3.63) is 18.1 Å². The van der Waals surface area contributed by atoms with Gasteiger partial charge < -0.3 is 15.8 Å². The van der Waals surface area contributed by atoms with Crippen molar-refractivity contribution in [3.63, 3.8) is 0 Å². The third-order valence-corrected chi connectivity index (χ3v) is 2.90. The molecular weight excluding hydrogens is 246 g/mol. The number of ether oxygens (including phenoxy) is 1. The number of nitrogen functional groups attached to an aromatic ring is 1. The second-order valence-electron chi connectivity index (χ2n) is 4.62. The Morgan fingerprint density at radius 2 is 2.26 bits per heavy atom. The maximum absolute atomic E-state index is 11.9. The molecule has 1 saturated heterocycles. The standard InChI is InChI=1S/C12H19N5O2/c1-9(8-17-2-4-19-5-3-17)15-12(18)10-6-14-7-11(13)16-10/h6-7,9H,2-5,8H2,1H3,(H2,13,16)(H,15,18). The Morgan fingerprint density at radius 3 is 2.95 bits per heavy atom. The van der Waals surface area contributed by atoms with Crippen molar-refractivity contribution < 1.29 is 9.53 Å². The third kappa shape index (κ3) is 4.15. The molecule has 7 nitrogen and oxygen atoms in total. The van der Waals surface area contributed by atoms with Crippen LogP contribution in [0.3, 0.4) is 0 Å². The van der Waals surface area contributed by atoms with Crippen LogP contribution in [0.4, 0.5) is 5.82 Å². The van der Waals surface area contributed by atoms with E-state index in [4.69, 9.17) is 10.5 Å². The number of nitrogens with zero attached hydrogens (tertiary/aromatic N) is 3. The fourth-order valence-electron chi connectivity index (χ4n) is 2.00. The molecule has 0 bridgehead atoms. The molecule has 7 heteroatoms. The fraction of sp³-hybridized carbons (Fsp3) is 0.583. The van der Waals surface area contributed by atoms with E-state index in [0.29, 0.717) is 0 Å². The van der Waals surface area contributed by atoms with Crippen LogP contribution in [-0.2, 0) is 4.74 Å². The van der Waals surface area contributed by atoms with Gasteiger partial charge >= 0.3 is 0 Å². The van der Waals surface area contributed by atoms with E-state index in [1.165, 1.54) is 12.4 Å². The van der Waals surface area contributed by atoms with Crippen molar-refractivity contribution in [3.8, 4) is 0 Å². The van der Waals surface area contributed by atoms with Crippen LogP contribution in [0.5, 0.6) is 0 Å². The summed E-state index contributed by atoms with van der Waals surface area (Å²) in [5.74, 6) is -0.00552. The van der Waals surface area contributed by atoms with Gasteiger partial charge in [0, 0.05) is 25.7 Å². The second kappa shape index (κ2) is 6.44. The first-order valence-electron chi connectivity index (χ1n) is 6.33. The molecule has 1 aromatic heterocycles. The van der Waals surface area contributed by atoms with Gasteiger partial charge in [0.05, 0.1) is 25.6 Å². The SMILES string of the molecule is CC(CN1CCOCC1)NC(=O)c1cncc(N)n1. The number of carbonyl (C=O) groups excluding carboxylic acids is 1. The molecule has 19 heavy (non-hydrogen) atoms. The molecule has 1 unspecified atom stereocenters. The number of hydrogen-bond acceptors (Lipinski definition) is 6. The monoisotopic (exact) mass is 265 g/mol. The zero-order chi connectivity index (χ0) is 13.7. The Morgan fingerprint density at radius 1 is 1.53 bits per heavy atom. The van der Waals surface area contributed by atoms with Gasteiger partial charge in [-0.2, -0.15) is 0 Å². The van der Waals surface area contributed by atoms with E-state index < -0.39 is 0 Å². The van der Waals surface area contributed by atoms with E-state index in [1.807, 2.05) is 6.92 Å². The predicted octanol–water partition coefficient (Wildman–Crippen LogP) is -0.491. The lowest BCUT2D eigenvalue weighted by atomic mass is 10.2. The molecular formula is C12H19N5O2. The number of aromatic nitrogens is 2. The van der Waals surface area contributed by atoms with Crippen LogP contribution < -0.4 is 11.1 Å². The second-order valence-corrected chi connectivity index (χ2v) is 4.62. The van der Waals surface area contributed by atoms with Gasteiger partial charge in [-0.25, -0.2) is 4.98 Å². The van der Waals surface area contributed by atoms with Gasteiger partial charge in [-0.05, 0) is 6.92 Å². The van der Waals surface area contributed by atoms with Gasteiger partial charge in [-0.15, -0.1) is 0 Å². The van der Waals surface area contributed by atoms with Crippen molar-refractivity contribution >= 4 is 11.7 Å². The summed E-state index contributed by atoms with van der Waals surface area (Å²) < 4.78 is 5.28. The van der Waals surface area contributed by atoms with Crippen LogP contribution in [0.1, 0.15) is 17.4 Å². The van der Waals surface area contributed by atoms with Gasteiger partial charge in [-0.3, -0.25) is 14.7 Å². The summed E-state index contributed by atoms with van der Waals surface area (Å²) in [6.07, 6.45) is 2.82. The Labute approximate surface area is 112 Å². The van der Waals surface area contributed by atoms with Crippen LogP contribution in [0.25, 0.3) is 0 Å². The first-order chi connectivity index (χ1) is 9.15. The molecule has 1 aliphatic rings. The predicted molar refractivity (Wildman–Crippen MR) is 70.6 cm³/mol. The molecule has 104 valence electrons. The summed E-state index contributed by atoms with van der Waals surface area (Å²) in [7, 11) is 0. The first kappa shape index (κ1) is 13.7. The van der Waals surface area contributed by atoms with Gasteiger partial charge in [-0.1, -0.05) is 0 Å². The number of anilines is 1. The van der Waals surface area contributed by atoms with E-state index in [1.54, 1.807) is 0 Å². The van der Waals surface area contributed by atoms with Crippen molar-refractivity contribution in [2.45, 2.75) is 13.0 Å². The minimum Gasteiger partial charge on any atom is -0.382 e.